The number of amides is 1. The molecule has 24 heavy (non-hydrogen) atoms. The molecule has 4 aliphatic rings. The van der Waals surface area contributed by atoms with Gasteiger partial charge in [-0.3, -0.25) is 4.79 Å². The van der Waals surface area contributed by atoms with Gasteiger partial charge in [0.15, 0.2) is 0 Å². The van der Waals surface area contributed by atoms with Crippen LogP contribution in [-0.4, -0.2) is 25.2 Å². The normalized spacial score (nSPS) is 35.0. The Balaban J connectivity index is 1.43. The molecule has 0 aromatic heterocycles. The highest BCUT2D eigenvalue weighted by Gasteiger charge is 2.61. The molecule has 5 heteroatoms. The molecule has 2 fully saturated rings. The maximum atomic E-state index is 12.2. The molecule has 1 aromatic carbocycles. The Morgan fingerprint density at radius 1 is 1.12 bits per heavy atom. The number of allylic oxidation sites excluding steroid dienone is 1. The smallest absolute Gasteiger partial charge is 0.407 e. The lowest BCUT2D eigenvalue weighted by atomic mass is 9.66. The van der Waals surface area contributed by atoms with Gasteiger partial charge in [0.1, 0.15) is 6.61 Å². The lowest BCUT2D eigenvalue weighted by molar-refractivity contribution is -0.150. The molecule has 4 aliphatic carbocycles. The highest BCUT2D eigenvalue weighted by Crippen LogP contribution is 2.61. The standard InChI is InChI=1S/C19H21NO4/c1-23-18(21)16-12-7-8-13(15-9-14(12)15)17(16)20-19(22)24-10-11-5-3-2-4-6-11/h2-8,12-17H,9-10H2,1H3,(H,20,22)/t12?,13?,14?,15?,16-,17+/m0/s1. The van der Waals surface area contributed by atoms with E-state index < -0.39 is 6.09 Å². The van der Waals surface area contributed by atoms with E-state index in [1.54, 1.807) is 0 Å². The number of hydrogen-bond donors (Lipinski definition) is 1. The van der Waals surface area contributed by atoms with E-state index in [4.69, 9.17) is 9.47 Å². The fourth-order valence-electron chi connectivity index (χ4n) is 4.44. The zero-order valence-corrected chi connectivity index (χ0v) is 13.6. The Labute approximate surface area is 141 Å². The number of benzene rings is 1. The van der Waals surface area contributed by atoms with Crippen molar-refractivity contribution in [3.05, 3.63) is 48.0 Å². The number of methoxy groups -OCH3 is 1. The van der Waals surface area contributed by atoms with Crippen LogP contribution in [0.1, 0.15) is 12.0 Å². The van der Waals surface area contributed by atoms with Gasteiger partial charge in [0.05, 0.1) is 19.1 Å². The second-order valence-corrected chi connectivity index (χ2v) is 6.88. The molecule has 0 aliphatic heterocycles. The second kappa shape index (κ2) is 5.96. The minimum absolute atomic E-state index is 0.173. The summed E-state index contributed by atoms with van der Waals surface area (Å²) >= 11 is 0. The molecule has 1 amide bonds. The van der Waals surface area contributed by atoms with Crippen molar-refractivity contribution < 1.29 is 19.1 Å². The molecule has 0 radical (unpaired) electrons. The van der Waals surface area contributed by atoms with Crippen LogP contribution in [0.2, 0.25) is 0 Å². The highest BCUT2D eigenvalue weighted by atomic mass is 16.5. The number of carbonyl (C=O) groups excluding carboxylic acids is 2. The number of nitrogens with one attached hydrogen (secondary N) is 1. The first-order chi connectivity index (χ1) is 11.7. The first-order valence-corrected chi connectivity index (χ1v) is 8.42. The predicted octanol–water partition coefficient (Wildman–Crippen LogP) is 2.52. The lowest BCUT2D eigenvalue weighted by Gasteiger charge is -2.43. The van der Waals surface area contributed by atoms with Crippen LogP contribution in [0.15, 0.2) is 42.5 Å². The van der Waals surface area contributed by atoms with Gasteiger partial charge >= 0.3 is 12.1 Å². The summed E-state index contributed by atoms with van der Waals surface area (Å²) in [5.74, 6) is 0.981. The van der Waals surface area contributed by atoms with Gasteiger partial charge in [0, 0.05) is 5.92 Å². The van der Waals surface area contributed by atoms with Gasteiger partial charge in [-0.05, 0) is 29.7 Å². The molecule has 5 nitrogen and oxygen atoms in total. The number of fused-ring (bicyclic) bond motifs is 1. The minimum atomic E-state index is -0.476. The molecule has 1 N–H and O–H groups in total. The van der Waals surface area contributed by atoms with Crippen molar-refractivity contribution in [2.45, 2.75) is 19.1 Å². The van der Waals surface area contributed by atoms with Crippen molar-refractivity contribution in [2.75, 3.05) is 7.11 Å². The van der Waals surface area contributed by atoms with E-state index in [0.29, 0.717) is 11.8 Å². The summed E-state index contributed by atoms with van der Waals surface area (Å²) in [5, 5.41) is 2.93. The summed E-state index contributed by atoms with van der Waals surface area (Å²) in [6, 6.07) is 9.31. The van der Waals surface area contributed by atoms with Gasteiger partial charge in [-0.2, -0.15) is 0 Å². The van der Waals surface area contributed by atoms with E-state index in [1.807, 2.05) is 30.3 Å². The Bertz CT molecular complexity index is 671. The quantitative estimate of drug-likeness (QED) is 0.682. The van der Waals surface area contributed by atoms with E-state index >= 15 is 0 Å². The second-order valence-electron chi connectivity index (χ2n) is 6.88. The third-order valence-corrected chi connectivity index (χ3v) is 5.62. The summed E-state index contributed by atoms with van der Waals surface area (Å²) in [5.41, 5.74) is 0.935. The molecule has 126 valence electrons. The third-order valence-electron chi connectivity index (χ3n) is 5.62. The summed E-state index contributed by atoms with van der Waals surface area (Å²) in [6.07, 6.45) is 4.94. The Morgan fingerprint density at radius 2 is 1.83 bits per heavy atom. The van der Waals surface area contributed by atoms with Crippen LogP contribution in [0, 0.1) is 29.6 Å². The number of rotatable bonds is 4. The van der Waals surface area contributed by atoms with Crippen molar-refractivity contribution in [1.82, 2.24) is 5.32 Å². The molecule has 6 atom stereocenters. The van der Waals surface area contributed by atoms with E-state index in [-0.39, 0.29) is 36.4 Å². The molecule has 0 heterocycles. The van der Waals surface area contributed by atoms with Crippen LogP contribution in [0.25, 0.3) is 0 Å². The average Bonchev–Trinajstić information content (AvgIpc) is 3.42. The van der Waals surface area contributed by atoms with Crippen molar-refractivity contribution in [2.24, 2.45) is 29.6 Å². The van der Waals surface area contributed by atoms with Crippen LogP contribution in [-0.2, 0) is 20.9 Å². The summed E-state index contributed by atoms with van der Waals surface area (Å²) in [7, 11) is 1.41. The van der Waals surface area contributed by atoms with Crippen molar-refractivity contribution >= 4 is 12.1 Å². The van der Waals surface area contributed by atoms with Crippen LogP contribution in [0.5, 0.6) is 0 Å². The van der Waals surface area contributed by atoms with Crippen molar-refractivity contribution in [3.63, 3.8) is 0 Å². The van der Waals surface area contributed by atoms with Gasteiger partial charge in [0.25, 0.3) is 0 Å². The van der Waals surface area contributed by atoms with Crippen LogP contribution >= 0.6 is 0 Å². The van der Waals surface area contributed by atoms with Crippen LogP contribution in [0.3, 0.4) is 0 Å². The molecule has 1 aromatic rings. The van der Waals surface area contributed by atoms with E-state index in [2.05, 4.69) is 17.5 Å². The van der Waals surface area contributed by atoms with E-state index in [1.165, 1.54) is 7.11 Å². The number of carbonyl (C=O) groups is 2. The largest absolute Gasteiger partial charge is 0.469 e. The number of ether oxygens (including phenoxy) is 2. The van der Waals surface area contributed by atoms with Gasteiger partial charge in [0.2, 0.25) is 0 Å². The summed E-state index contributed by atoms with van der Waals surface area (Å²) in [4.78, 5) is 24.5. The monoisotopic (exact) mass is 327 g/mol. The molecular formula is C19H21NO4. The first kappa shape index (κ1) is 15.2. The topological polar surface area (TPSA) is 64.6 Å². The number of alkyl carbamates (subject to hydrolysis) is 1. The third kappa shape index (κ3) is 2.58. The Kier molecular flexibility index (Phi) is 3.79. The summed E-state index contributed by atoms with van der Waals surface area (Å²) in [6.45, 7) is 0.221. The van der Waals surface area contributed by atoms with Gasteiger partial charge in [-0.25, -0.2) is 4.79 Å². The number of esters is 1. The Morgan fingerprint density at radius 3 is 2.58 bits per heavy atom. The maximum Gasteiger partial charge on any atom is 0.407 e. The summed E-state index contributed by atoms with van der Waals surface area (Å²) < 4.78 is 10.3. The zero-order chi connectivity index (χ0) is 16.7. The minimum Gasteiger partial charge on any atom is -0.469 e. The Hall–Kier alpha value is -2.30. The predicted molar refractivity (Wildman–Crippen MR) is 86.8 cm³/mol. The zero-order valence-electron chi connectivity index (χ0n) is 13.6. The van der Waals surface area contributed by atoms with Crippen LogP contribution in [0.4, 0.5) is 4.79 Å². The van der Waals surface area contributed by atoms with Gasteiger partial charge in [-0.1, -0.05) is 42.5 Å². The molecule has 2 saturated carbocycles. The van der Waals surface area contributed by atoms with E-state index in [0.717, 1.165) is 12.0 Å². The van der Waals surface area contributed by atoms with Gasteiger partial charge < -0.3 is 14.8 Å². The first-order valence-electron chi connectivity index (χ1n) is 8.42. The number of hydrogen-bond acceptors (Lipinski definition) is 4. The SMILES string of the molecule is COC(=O)[C@H]1C2C=CC(C3CC32)[C@H]1NC(=O)OCc1ccccc1. The molecule has 2 bridgehead atoms. The van der Waals surface area contributed by atoms with Crippen molar-refractivity contribution in [1.29, 1.82) is 0 Å². The average molecular weight is 327 g/mol. The molecule has 4 unspecified atom stereocenters. The fourth-order valence-corrected chi connectivity index (χ4v) is 4.44. The molecule has 0 saturated heterocycles. The molecule has 0 spiro atoms. The highest BCUT2D eigenvalue weighted by molar-refractivity contribution is 5.77. The maximum absolute atomic E-state index is 12.2. The molecule has 5 rings (SSSR count). The fraction of sp³-hybridized carbons (Fsp3) is 0.474. The lowest BCUT2D eigenvalue weighted by Crippen LogP contribution is -2.55. The van der Waals surface area contributed by atoms with Gasteiger partial charge in [-0.15, -0.1) is 0 Å². The molecular weight excluding hydrogens is 306 g/mol. The van der Waals surface area contributed by atoms with Crippen molar-refractivity contribution in [3.8, 4) is 0 Å². The van der Waals surface area contributed by atoms with E-state index in [9.17, 15) is 9.59 Å². The van der Waals surface area contributed by atoms with Crippen LogP contribution < -0.4 is 5.32 Å².